The van der Waals surface area contributed by atoms with Gasteiger partial charge in [-0.05, 0) is 0 Å². The van der Waals surface area contributed by atoms with E-state index in [4.69, 9.17) is 5.41 Å². The first-order chi connectivity index (χ1) is 3.13. The third-order valence-electron chi connectivity index (χ3n) is 0.189. The Morgan fingerprint density at radius 2 is 2.43 bits per heavy atom. The number of nitro groups is 1. The first kappa shape index (κ1) is 5.67. The minimum Gasteiger partial charge on any atom is -0.363 e. The lowest BCUT2D eigenvalue weighted by atomic mass is 11.1. The van der Waals surface area contributed by atoms with Crippen LogP contribution in [0.4, 0.5) is 0 Å². The summed E-state index contributed by atoms with van der Waals surface area (Å²) < 4.78 is 0. The van der Waals surface area contributed by atoms with Crippen LogP contribution in [0, 0.1) is 15.5 Å². The fourth-order valence-electron chi connectivity index (χ4n) is 0.0880. The Morgan fingerprint density at radius 1 is 2.00 bits per heavy atom. The van der Waals surface area contributed by atoms with Gasteiger partial charge in [-0.1, -0.05) is 0 Å². The minimum atomic E-state index is -1.03. The second-order valence-electron chi connectivity index (χ2n) is 0.723. The van der Waals surface area contributed by atoms with Gasteiger partial charge in [0.05, 0.1) is 0 Å². The van der Waals surface area contributed by atoms with Gasteiger partial charge in [-0.3, -0.25) is 5.41 Å². The summed E-state index contributed by atoms with van der Waals surface area (Å²) in [7, 11) is 0. The molecule has 0 aliphatic heterocycles. The van der Waals surface area contributed by atoms with Gasteiger partial charge in [0.15, 0.2) is 5.03 Å². The van der Waals surface area contributed by atoms with Crippen molar-refractivity contribution in [3.05, 3.63) is 10.1 Å². The van der Waals surface area contributed by atoms with Gasteiger partial charge in [0.1, 0.15) is 5.43 Å². The summed E-state index contributed by atoms with van der Waals surface area (Å²) in [6.07, 6.45) is 0. The number of nitrogens with zero attached hydrogens (tertiary/aromatic N) is 2. The van der Waals surface area contributed by atoms with Crippen LogP contribution in [-0.4, -0.2) is 11.0 Å². The van der Waals surface area contributed by atoms with E-state index in [-0.39, 0.29) is 0 Å². The van der Waals surface area contributed by atoms with Gasteiger partial charge < -0.3 is 5.73 Å². The van der Waals surface area contributed by atoms with Crippen molar-refractivity contribution in [2.45, 2.75) is 0 Å². The third-order valence-corrected chi connectivity index (χ3v) is 0.189. The Hall–Kier alpha value is -1.33. The molecule has 6 heteroatoms. The largest absolute Gasteiger partial charge is 0.363 e. The van der Waals surface area contributed by atoms with Crippen LogP contribution in [0.1, 0.15) is 0 Å². The van der Waals surface area contributed by atoms with Gasteiger partial charge in [0, 0.05) is 0 Å². The molecule has 0 aliphatic rings. The summed E-state index contributed by atoms with van der Waals surface area (Å²) in [5.74, 6) is -0.787. The van der Waals surface area contributed by atoms with Crippen LogP contribution in [0.3, 0.4) is 0 Å². The number of guanidine groups is 1. The molecule has 0 unspecified atom stereocenters. The summed E-state index contributed by atoms with van der Waals surface area (Å²) in [5.41, 5.74) is 6.83. The maximum absolute atomic E-state index is 9.23. The van der Waals surface area contributed by atoms with Gasteiger partial charge in [0.2, 0.25) is 0 Å². The monoisotopic (exact) mass is 103 g/mol. The summed E-state index contributed by atoms with van der Waals surface area (Å²) in [4.78, 5) is 9.23. The van der Waals surface area contributed by atoms with Gasteiger partial charge >= 0.3 is 0 Å². The fraction of sp³-hybridized carbons (Fsp3) is 0. The molecule has 0 heterocycles. The molecule has 39 valence electrons. The van der Waals surface area contributed by atoms with Gasteiger partial charge in [-0.25, -0.2) is 10.1 Å². The van der Waals surface area contributed by atoms with Crippen molar-refractivity contribution in [2.75, 3.05) is 0 Å². The molecule has 0 spiro atoms. The molecule has 7 heavy (non-hydrogen) atoms. The van der Waals surface area contributed by atoms with E-state index in [0.29, 0.717) is 0 Å². The van der Waals surface area contributed by atoms with Crippen LogP contribution in [0.15, 0.2) is 0 Å². The van der Waals surface area contributed by atoms with Crippen molar-refractivity contribution < 1.29 is 5.03 Å². The van der Waals surface area contributed by atoms with Crippen molar-refractivity contribution in [1.29, 1.82) is 5.41 Å². The molecular weight excluding hydrogens is 100 g/mol. The molecule has 0 atom stereocenters. The Bertz CT molecular complexity index is 85.9. The molecule has 0 aromatic rings. The van der Waals surface area contributed by atoms with Gasteiger partial charge in [-0.2, -0.15) is 0 Å². The summed E-state index contributed by atoms with van der Waals surface area (Å²) >= 11 is 0. The standard InChI is InChI=1S/CH3N4O2/c2-1(3)4-5(6)7/h(H3,2,3). The number of rotatable bonds is 1. The summed E-state index contributed by atoms with van der Waals surface area (Å²) in [6, 6.07) is 0. The van der Waals surface area contributed by atoms with Crippen LogP contribution in [-0.2, 0) is 0 Å². The second kappa shape index (κ2) is 1.96. The lowest BCUT2D eigenvalue weighted by Gasteiger charge is -1.80. The molecule has 0 aromatic carbocycles. The highest BCUT2D eigenvalue weighted by Crippen LogP contribution is 1.55. The molecular formula is CH3N4O2. The Morgan fingerprint density at radius 3 is 2.43 bits per heavy atom. The zero-order valence-electron chi connectivity index (χ0n) is 3.29. The first-order valence-corrected chi connectivity index (χ1v) is 1.33. The van der Waals surface area contributed by atoms with Crippen LogP contribution < -0.4 is 11.2 Å². The Labute approximate surface area is 38.9 Å². The van der Waals surface area contributed by atoms with Crippen LogP contribution in [0.2, 0.25) is 0 Å². The lowest BCUT2D eigenvalue weighted by molar-refractivity contribution is -0.530. The van der Waals surface area contributed by atoms with E-state index in [1.165, 1.54) is 0 Å². The van der Waals surface area contributed by atoms with E-state index < -0.39 is 11.0 Å². The summed E-state index contributed by atoms with van der Waals surface area (Å²) in [5, 5.41) is 14.4. The number of nitrogens with one attached hydrogen (secondary N) is 1. The maximum atomic E-state index is 9.23. The molecule has 6 nitrogen and oxygen atoms in total. The molecule has 0 rings (SSSR count). The van der Waals surface area contributed by atoms with E-state index in [2.05, 4.69) is 11.2 Å². The molecule has 0 saturated heterocycles. The Balaban J connectivity index is 3.32. The predicted molar refractivity (Wildman–Crippen MR) is 21.0 cm³/mol. The molecule has 0 aliphatic carbocycles. The van der Waals surface area contributed by atoms with Crippen molar-refractivity contribution in [3.63, 3.8) is 0 Å². The van der Waals surface area contributed by atoms with Gasteiger partial charge in [-0.15, -0.1) is 0 Å². The summed E-state index contributed by atoms with van der Waals surface area (Å²) in [6.45, 7) is 0. The zero-order chi connectivity index (χ0) is 5.86. The number of hydrogen-bond donors (Lipinski definition) is 2. The molecule has 1 radical (unpaired) electrons. The van der Waals surface area contributed by atoms with Gasteiger partial charge in [0.25, 0.3) is 5.96 Å². The van der Waals surface area contributed by atoms with Crippen LogP contribution >= 0.6 is 0 Å². The number of nitrogens with two attached hydrogens (primary N) is 1. The molecule has 0 saturated carbocycles. The van der Waals surface area contributed by atoms with Crippen molar-refractivity contribution in [1.82, 2.24) is 5.43 Å². The van der Waals surface area contributed by atoms with Crippen LogP contribution in [0.5, 0.6) is 0 Å². The minimum absolute atomic E-state index is 0.787. The van der Waals surface area contributed by atoms with Crippen molar-refractivity contribution >= 4 is 5.96 Å². The first-order valence-electron chi connectivity index (χ1n) is 1.33. The van der Waals surface area contributed by atoms with Crippen molar-refractivity contribution in [3.8, 4) is 0 Å². The highest BCUT2D eigenvalue weighted by atomic mass is 16.7. The molecule has 0 amide bonds. The molecule has 0 fully saturated rings. The average molecular weight is 103 g/mol. The lowest BCUT2D eigenvalue weighted by Crippen LogP contribution is -2.27. The second-order valence-corrected chi connectivity index (χ2v) is 0.723. The zero-order valence-corrected chi connectivity index (χ0v) is 3.29. The van der Waals surface area contributed by atoms with E-state index in [1.807, 2.05) is 0 Å². The molecule has 0 bridgehead atoms. The number of hydrogen-bond acceptors (Lipinski definition) is 3. The van der Waals surface area contributed by atoms with E-state index in [1.54, 1.807) is 0 Å². The maximum Gasteiger partial charge on any atom is 0.284 e. The predicted octanol–water partition coefficient (Wildman–Crippen LogP) is -1.32. The fourth-order valence-corrected chi connectivity index (χ4v) is 0.0880. The normalized spacial score (nSPS) is 7.43. The van der Waals surface area contributed by atoms with E-state index >= 15 is 0 Å². The highest BCUT2D eigenvalue weighted by molar-refractivity contribution is 5.72. The highest BCUT2D eigenvalue weighted by Gasteiger charge is 1.98. The average Bonchev–Trinajstić information content (AvgIpc) is 1.27. The quantitative estimate of drug-likeness (QED) is 0.186. The Kier molecular flexibility index (Phi) is 1.58. The topological polar surface area (TPSA) is 107 Å². The molecule has 3 N–H and O–H groups in total. The van der Waals surface area contributed by atoms with E-state index in [9.17, 15) is 10.1 Å². The van der Waals surface area contributed by atoms with E-state index in [0.717, 1.165) is 0 Å². The SMILES string of the molecule is N=C(N)[N][N+](=O)[O-]. The molecule has 0 aromatic heterocycles. The van der Waals surface area contributed by atoms with Crippen LogP contribution in [0.25, 0.3) is 0 Å². The van der Waals surface area contributed by atoms with Crippen molar-refractivity contribution in [2.24, 2.45) is 5.73 Å². The smallest absolute Gasteiger partial charge is 0.284 e. The third kappa shape index (κ3) is 4.67.